The minimum Gasteiger partial charge on any atom is -0.315 e. The molecule has 3 nitrogen and oxygen atoms in total. The van der Waals surface area contributed by atoms with Crippen LogP contribution in [-0.2, 0) is 24.2 Å². The Morgan fingerprint density at radius 3 is 2.87 bits per heavy atom. The molecule has 0 unspecified atom stereocenters. The van der Waals surface area contributed by atoms with Crippen LogP contribution in [0.4, 0.5) is 0 Å². The van der Waals surface area contributed by atoms with Crippen molar-refractivity contribution in [1.29, 1.82) is 0 Å². The Kier molecular flexibility index (Phi) is 2.96. The van der Waals surface area contributed by atoms with Gasteiger partial charge in [0.2, 0.25) is 0 Å². The van der Waals surface area contributed by atoms with E-state index in [-0.39, 0.29) is 0 Å². The monoisotopic (exact) mass is 270 g/mol. The number of aromatic nitrogens is 2. The van der Waals surface area contributed by atoms with Crippen molar-refractivity contribution in [3.63, 3.8) is 0 Å². The Hall–Kier alpha value is -0.640. The summed E-state index contributed by atoms with van der Waals surface area (Å²) in [6.07, 6.45) is 2.40. The van der Waals surface area contributed by atoms with Crippen LogP contribution < -0.4 is 0 Å². The van der Waals surface area contributed by atoms with E-state index in [2.05, 4.69) is 34.8 Å². The van der Waals surface area contributed by atoms with Crippen molar-refractivity contribution in [2.24, 2.45) is 5.92 Å². The average molecular weight is 271 g/mol. The van der Waals surface area contributed by atoms with Crippen LogP contribution in [0.25, 0.3) is 0 Å². The SMILES string of the molecule is CC(C)Cc1nc2n(c1Br)CC(=O)CC2. The lowest BCUT2D eigenvalue weighted by atomic mass is 10.1. The van der Waals surface area contributed by atoms with Gasteiger partial charge in [0.25, 0.3) is 0 Å². The molecule has 0 spiro atoms. The second-order valence-corrected chi connectivity index (χ2v) is 5.24. The fourth-order valence-electron chi connectivity index (χ4n) is 1.91. The quantitative estimate of drug-likeness (QED) is 0.827. The molecule has 0 saturated carbocycles. The topological polar surface area (TPSA) is 34.9 Å². The minimum absolute atomic E-state index is 0.302. The van der Waals surface area contributed by atoms with Crippen molar-refractivity contribution in [2.75, 3.05) is 0 Å². The van der Waals surface area contributed by atoms with Crippen LogP contribution in [0.2, 0.25) is 0 Å². The van der Waals surface area contributed by atoms with Gasteiger partial charge in [0.1, 0.15) is 10.4 Å². The summed E-state index contributed by atoms with van der Waals surface area (Å²) in [5.41, 5.74) is 1.09. The molecule has 0 radical (unpaired) electrons. The first-order chi connectivity index (χ1) is 7.08. The predicted molar refractivity (Wildman–Crippen MR) is 61.8 cm³/mol. The summed E-state index contributed by atoms with van der Waals surface area (Å²) in [6.45, 7) is 4.84. The molecule has 0 atom stereocenters. The third-order valence-corrected chi connectivity index (χ3v) is 3.50. The van der Waals surface area contributed by atoms with Crippen LogP contribution >= 0.6 is 15.9 Å². The summed E-state index contributed by atoms with van der Waals surface area (Å²) in [7, 11) is 0. The van der Waals surface area contributed by atoms with E-state index in [1.165, 1.54) is 0 Å². The number of carbonyl (C=O) groups is 1. The highest BCUT2D eigenvalue weighted by Gasteiger charge is 2.21. The van der Waals surface area contributed by atoms with E-state index < -0.39 is 0 Å². The maximum absolute atomic E-state index is 11.3. The van der Waals surface area contributed by atoms with Crippen LogP contribution in [0, 0.1) is 5.92 Å². The van der Waals surface area contributed by atoms with Crippen molar-refractivity contribution in [3.8, 4) is 0 Å². The van der Waals surface area contributed by atoms with Crippen LogP contribution in [0.5, 0.6) is 0 Å². The number of carbonyl (C=O) groups excluding carboxylic acids is 1. The molecule has 82 valence electrons. The molecule has 0 amide bonds. The van der Waals surface area contributed by atoms with Crippen molar-refractivity contribution < 1.29 is 4.79 Å². The molecule has 0 N–H and O–H groups in total. The Labute approximate surface area is 98.0 Å². The van der Waals surface area contributed by atoms with Crippen molar-refractivity contribution in [1.82, 2.24) is 9.55 Å². The van der Waals surface area contributed by atoms with Gasteiger partial charge in [-0.3, -0.25) is 4.79 Å². The van der Waals surface area contributed by atoms with Crippen LogP contribution in [0.1, 0.15) is 31.8 Å². The van der Waals surface area contributed by atoms with Crippen LogP contribution in [0.15, 0.2) is 4.60 Å². The molecule has 0 aliphatic carbocycles. The van der Waals surface area contributed by atoms with Gasteiger partial charge in [0.05, 0.1) is 12.2 Å². The molecule has 15 heavy (non-hydrogen) atoms. The van der Waals surface area contributed by atoms with Gasteiger partial charge in [-0.05, 0) is 28.3 Å². The maximum atomic E-state index is 11.3. The zero-order chi connectivity index (χ0) is 11.0. The first kappa shape index (κ1) is 10.9. The second-order valence-electron chi connectivity index (χ2n) is 4.49. The van der Waals surface area contributed by atoms with Crippen molar-refractivity contribution >= 4 is 21.7 Å². The lowest BCUT2D eigenvalue weighted by Gasteiger charge is -2.13. The molecular weight excluding hydrogens is 256 g/mol. The highest BCUT2D eigenvalue weighted by atomic mass is 79.9. The van der Waals surface area contributed by atoms with Gasteiger partial charge in [-0.25, -0.2) is 4.98 Å². The number of fused-ring (bicyclic) bond motifs is 1. The number of nitrogens with zero attached hydrogens (tertiary/aromatic N) is 2. The van der Waals surface area contributed by atoms with Gasteiger partial charge in [-0.15, -0.1) is 0 Å². The summed E-state index contributed by atoms with van der Waals surface area (Å²) in [4.78, 5) is 15.9. The first-order valence-corrected chi connectivity index (χ1v) is 6.12. The number of halogens is 1. The molecule has 0 fully saturated rings. The third kappa shape index (κ3) is 2.14. The normalized spacial score (nSPS) is 15.9. The van der Waals surface area contributed by atoms with Gasteiger partial charge in [0.15, 0.2) is 5.78 Å². The minimum atomic E-state index is 0.302. The third-order valence-electron chi connectivity index (χ3n) is 2.61. The van der Waals surface area contributed by atoms with Crippen molar-refractivity contribution in [2.45, 2.75) is 39.7 Å². The van der Waals surface area contributed by atoms with E-state index in [0.717, 1.165) is 29.0 Å². The van der Waals surface area contributed by atoms with E-state index in [1.54, 1.807) is 0 Å². The Morgan fingerprint density at radius 1 is 1.47 bits per heavy atom. The van der Waals surface area contributed by atoms with Gasteiger partial charge in [0, 0.05) is 12.8 Å². The number of aryl methyl sites for hydroxylation is 1. The predicted octanol–water partition coefficient (Wildman–Crippen LogP) is 2.36. The van der Waals surface area contributed by atoms with E-state index in [9.17, 15) is 4.79 Å². The van der Waals surface area contributed by atoms with E-state index >= 15 is 0 Å². The summed E-state index contributed by atoms with van der Waals surface area (Å²) in [5.74, 6) is 1.95. The lowest BCUT2D eigenvalue weighted by Crippen LogP contribution is -2.19. The highest BCUT2D eigenvalue weighted by Crippen LogP contribution is 2.24. The Morgan fingerprint density at radius 2 is 2.20 bits per heavy atom. The molecule has 0 aromatic carbocycles. The van der Waals surface area contributed by atoms with E-state index in [0.29, 0.717) is 24.7 Å². The summed E-state index contributed by atoms with van der Waals surface area (Å²) in [5, 5.41) is 0. The van der Waals surface area contributed by atoms with Gasteiger partial charge < -0.3 is 4.57 Å². The zero-order valence-electron chi connectivity index (χ0n) is 9.09. The van der Waals surface area contributed by atoms with Gasteiger partial charge >= 0.3 is 0 Å². The number of Topliss-reactive ketones (excluding diaryl/α,β-unsaturated/α-hetero) is 1. The first-order valence-electron chi connectivity index (χ1n) is 5.33. The molecule has 1 aliphatic heterocycles. The second kappa shape index (κ2) is 4.08. The standard InChI is InChI=1S/C11H15BrN2O/c1-7(2)5-9-11(12)14-6-8(15)3-4-10(14)13-9/h7H,3-6H2,1-2H3. The number of hydrogen-bond donors (Lipinski definition) is 0. The zero-order valence-corrected chi connectivity index (χ0v) is 10.7. The van der Waals surface area contributed by atoms with Gasteiger partial charge in [-0.2, -0.15) is 0 Å². The number of ketones is 1. The van der Waals surface area contributed by atoms with Crippen LogP contribution in [-0.4, -0.2) is 15.3 Å². The Balaban J connectivity index is 2.32. The molecule has 2 heterocycles. The van der Waals surface area contributed by atoms with Crippen LogP contribution in [0.3, 0.4) is 0 Å². The molecule has 1 aliphatic rings. The van der Waals surface area contributed by atoms with Gasteiger partial charge in [-0.1, -0.05) is 13.8 Å². The van der Waals surface area contributed by atoms with E-state index in [4.69, 9.17) is 0 Å². The number of imidazole rings is 1. The molecule has 0 saturated heterocycles. The molecule has 0 bridgehead atoms. The maximum Gasteiger partial charge on any atom is 0.153 e. The fraction of sp³-hybridized carbons (Fsp3) is 0.636. The molecule has 1 aromatic rings. The summed E-state index contributed by atoms with van der Waals surface area (Å²) >= 11 is 3.54. The lowest BCUT2D eigenvalue weighted by molar-refractivity contribution is -0.120. The molecule has 4 heteroatoms. The Bertz CT molecular complexity index is 396. The largest absolute Gasteiger partial charge is 0.315 e. The smallest absolute Gasteiger partial charge is 0.153 e. The van der Waals surface area contributed by atoms with Crippen molar-refractivity contribution in [3.05, 3.63) is 16.1 Å². The average Bonchev–Trinajstić information content (AvgIpc) is 2.44. The number of hydrogen-bond acceptors (Lipinski definition) is 2. The summed E-state index contributed by atoms with van der Waals surface area (Å²) < 4.78 is 3.00. The molecular formula is C11H15BrN2O. The highest BCUT2D eigenvalue weighted by molar-refractivity contribution is 9.10. The molecule has 1 aromatic heterocycles. The molecule has 2 rings (SSSR count). The fourth-order valence-corrected chi connectivity index (χ4v) is 2.49. The number of rotatable bonds is 2. The van der Waals surface area contributed by atoms with E-state index in [1.807, 2.05) is 4.57 Å². The summed E-state index contributed by atoms with van der Waals surface area (Å²) in [6, 6.07) is 0.